The quantitative estimate of drug-likeness (QED) is 0.483. The van der Waals surface area contributed by atoms with Gasteiger partial charge in [0.2, 0.25) is 0 Å². The van der Waals surface area contributed by atoms with E-state index in [-0.39, 0.29) is 12.1 Å². The van der Waals surface area contributed by atoms with Crippen LogP contribution in [0.2, 0.25) is 10.0 Å². The van der Waals surface area contributed by atoms with Crippen LogP contribution in [-0.4, -0.2) is 39.8 Å². The molecule has 0 radical (unpaired) electrons. The summed E-state index contributed by atoms with van der Waals surface area (Å²) >= 11 is 18.4. The fourth-order valence-corrected chi connectivity index (χ4v) is 5.12. The third-order valence-corrected chi connectivity index (χ3v) is 6.56. The van der Waals surface area contributed by atoms with Gasteiger partial charge in [-0.2, -0.15) is 0 Å². The maximum atomic E-state index is 6.55. The van der Waals surface area contributed by atoms with E-state index in [4.69, 9.17) is 40.2 Å². The number of rotatable bonds is 6. The van der Waals surface area contributed by atoms with Crippen molar-refractivity contribution in [1.29, 1.82) is 0 Å². The molecule has 1 fully saturated rings. The van der Waals surface area contributed by atoms with Gasteiger partial charge in [0.1, 0.15) is 0 Å². The summed E-state index contributed by atoms with van der Waals surface area (Å²) in [5, 5.41) is 5.40. The van der Waals surface area contributed by atoms with Crippen molar-refractivity contribution >= 4 is 40.5 Å². The first-order chi connectivity index (χ1) is 14.9. The van der Waals surface area contributed by atoms with Gasteiger partial charge in [0, 0.05) is 36.3 Å². The van der Waals surface area contributed by atoms with E-state index in [1.165, 1.54) is 5.56 Å². The topological polar surface area (TPSA) is 42.3 Å². The molecule has 1 aliphatic rings. The summed E-state index contributed by atoms with van der Waals surface area (Å²) in [6.07, 6.45) is 1.81. The molecular formula is C23H24Cl2N4OS. The Kier molecular flexibility index (Phi) is 6.53. The second-order valence-corrected chi connectivity index (χ2v) is 8.80. The highest BCUT2D eigenvalue weighted by Gasteiger charge is 2.41. The van der Waals surface area contributed by atoms with Crippen LogP contribution >= 0.6 is 35.4 Å². The molecule has 0 unspecified atom stereocenters. The van der Waals surface area contributed by atoms with E-state index in [2.05, 4.69) is 39.7 Å². The van der Waals surface area contributed by atoms with E-state index < -0.39 is 0 Å². The van der Waals surface area contributed by atoms with Gasteiger partial charge in [-0.1, -0.05) is 29.3 Å². The first kappa shape index (κ1) is 22.1. The van der Waals surface area contributed by atoms with Crippen LogP contribution in [0.5, 0.6) is 0 Å². The van der Waals surface area contributed by atoms with Crippen LogP contribution in [0.15, 0.2) is 48.7 Å². The van der Waals surface area contributed by atoms with Gasteiger partial charge in [-0.3, -0.25) is 4.98 Å². The van der Waals surface area contributed by atoms with Crippen molar-refractivity contribution in [3.8, 4) is 5.69 Å². The molecule has 1 aromatic carbocycles. The molecular weight excluding hydrogens is 451 g/mol. The number of aryl methyl sites for hydroxylation is 1. The van der Waals surface area contributed by atoms with Crippen LogP contribution in [0.4, 0.5) is 0 Å². The second-order valence-electron chi connectivity index (χ2n) is 7.57. The summed E-state index contributed by atoms with van der Waals surface area (Å²) in [5.74, 6) is 0. The Bertz CT molecular complexity index is 1100. The second kappa shape index (κ2) is 9.17. The summed E-state index contributed by atoms with van der Waals surface area (Å²) in [6.45, 7) is 5.45. The molecule has 5 nitrogen and oxygen atoms in total. The zero-order chi connectivity index (χ0) is 22.1. The number of aromatic nitrogens is 2. The molecule has 0 bridgehead atoms. The zero-order valence-corrected chi connectivity index (χ0v) is 19.9. The van der Waals surface area contributed by atoms with Crippen LogP contribution in [0.3, 0.4) is 0 Å². The lowest BCUT2D eigenvalue weighted by molar-refractivity contribution is 0.164. The van der Waals surface area contributed by atoms with Gasteiger partial charge in [0.15, 0.2) is 5.11 Å². The highest BCUT2D eigenvalue weighted by Crippen LogP contribution is 2.41. The van der Waals surface area contributed by atoms with Gasteiger partial charge in [-0.15, -0.1) is 0 Å². The van der Waals surface area contributed by atoms with Crippen LogP contribution < -0.4 is 5.32 Å². The normalized spacial score (nSPS) is 18.5. The summed E-state index contributed by atoms with van der Waals surface area (Å²) in [6, 6.07) is 13.6. The maximum absolute atomic E-state index is 6.55. The average molecular weight is 475 g/mol. The Morgan fingerprint density at radius 3 is 2.65 bits per heavy atom. The number of ether oxygens (including phenoxy) is 1. The van der Waals surface area contributed by atoms with Crippen molar-refractivity contribution in [3.63, 3.8) is 0 Å². The smallest absolute Gasteiger partial charge is 0.170 e. The molecule has 1 saturated heterocycles. The lowest BCUT2D eigenvalue weighted by Gasteiger charge is -2.28. The first-order valence-electron chi connectivity index (χ1n) is 10.0. The van der Waals surface area contributed by atoms with E-state index in [0.717, 1.165) is 22.8 Å². The number of benzene rings is 1. The highest BCUT2D eigenvalue weighted by atomic mass is 35.5. The Balaban J connectivity index is 1.83. The lowest BCUT2D eigenvalue weighted by atomic mass is 9.97. The number of methoxy groups -OCH3 is 1. The SMILES string of the molecule is COCCN1C(=S)N[C@@H](c2ccccn2)[C@H]1c1cc(C)n(-c2ccc(Cl)cc2Cl)c1C. The van der Waals surface area contributed by atoms with Gasteiger partial charge >= 0.3 is 0 Å². The average Bonchev–Trinajstić information content (AvgIpc) is 3.23. The van der Waals surface area contributed by atoms with Gasteiger partial charge < -0.3 is 19.5 Å². The molecule has 2 atom stereocenters. The van der Waals surface area contributed by atoms with Crippen molar-refractivity contribution in [2.75, 3.05) is 20.3 Å². The molecule has 4 rings (SSSR count). The first-order valence-corrected chi connectivity index (χ1v) is 11.2. The Morgan fingerprint density at radius 1 is 1.16 bits per heavy atom. The molecule has 0 saturated carbocycles. The third kappa shape index (κ3) is 4.17. The summed E-state index contributed by atoms with van der Waals surface area (Å²) in [7, 11) is 1.70. The highest BCUT2D eigenvalue weighted by molar-refractivity contribution is 7.80. The molecule has 1 aliphatic heterocycles. The minimum Gasteiger partial charge on any atom is -0.383 e. The van der Waals surface area contributed by atoms with Gasteiger partial charge in [-0.05, 0) is 68.0 Å². The lowest BCUT2D eigenvalue weighted by Crippen LogP contribution is -2.32. The van der Waals surface area contributed by atoms with Crippen LogP contribution in [0.25, 0.3) is 5.69 Å². The minimum atomic E-state index is -0.0693. The summed E-state index contributed by atoms with van der Waals surface area (Å²) in [5.41, 5.74) is 5.20. The van der Waals surface area contributed by atoms with E-state index >= 15 is 0 Å². The standard InChI is InChI=1S/C23H24Cl2N4OS/c1-14-12-17(15(2)29(14)20-8-7-16(24)13-18(20)25)22-21(19-6-4-5-9-26-19)27-23(31)28(22)10-11-30-3/h4-9,12-13,21-22H,10-11H2,1-3H3,(H,27,31)/t21-,22+/m0/s1. The van der Waals surface area contributed by atoms with Crippen molar-refractivity contribution in [3.05, 3.63) is 81.4 Å². The fourth-order valence-electron chi connectivity index (χ4n) is 4.29. The number of halogens is 2. The molecule has 2 aromatic heterocycles. The number of pyridine rings is 1. The van der Waals surface area contributed by atoms with Crippen molar-refractivity contribution in [2.24, 2.45) is 0 Å². The monoisotopic (exact) mass is 474 g/mol. The Labute approximate surface area is 197 Å². The Hall–Kier alpha value is -2.12. The summed E-state index contributed by atoms with van der Waals surface area (Å²) in [4.78, 5) is 6.79. The number of hydrogen-bond donors (Lipinski definition) is 1. The van der Waals surface area contributed by atoms with E-state index in [9.17, 15) is 0 Å². The van der Waals surface area contributed by atoms with Gasteiger partial charge in [-0.25, -0.2) is 0 Å². The maximum Gasteiger partial charge on any atom is 0.170 e. The van der Waals surface area contributed by atoms with Gasteiger partial charge in [0.25, 0.3) is 0 Å². The molecule has 8 heteroatoms. The number of nitrogens with one attached hydrogen (secondary N) is 1. The number of thiocarbonyl (C=S) groups is 1. The molecule has 162 valence electrons. The molecule has 0 aliphatic carbocycles. The van der Waals surface area contributed by atoms with E-state index in [1.54, 1.807) is 13.2 Å². The van der Waals surface area contributed by atoms with Crippen LogP contribution in [-0.2, 0) is 4.74 Å². The fraction of sp³-hybridized carbons (Fsp3) is 0.304. The van der Waals surface area contributed by atoms with Crippen molar-refractivity contribution in [1.82, 2.24) is 19.8 Å². The minimum absolute atomic E-state index is 0.0245. The van der Waals surface area contributed by atoms with Crippen LogP contribution in [0.1, 0.15) is 34.7 Å². The summed E-state index contributed by atoms with van der Waals surface area (Å²) < 4.78 is 7.52. The largest absolute Gasteiger partial charge is 0.383 e. The molecule has 3 heterocycles. The zero-order valence-electron chi connectivity index (χ0n) is 17.6. The molecule has 31 heavy (non-hydrogen) atoms. The van der Waals surface area contributed by atoms with E-state index in [1.807, 2.05) is 36.5 Å². The molecule has 3 aromatic rings. The predicted octanol–water partition coefficient (Wildman–Crippen LogP) is 5.41. The van der Waals surface area contributed by atoms with Crippen LogP contribution in [0, 0.1) is 13.8 Å². The van der Waals surface area contributed by atoms with Crippen molar-refractivity contribution in [2.45, 2.75) is 25.9 Å². The third-order valence-electron chi connectivity index (χ3n) is 5.67. The van der Waals surface area contributed by atoms with Crippen molar-refractivity contribution < 1.29 is 4.74 Å². The molecule has 0 amide bonds. The molecule has 0 spiro atoms. The Morgan fingerprint density at radius 2 is 1.97 bits per heavy atom. The van der Waals surface area contributed by atoms with Gasteiger partial charge in [0.05, 0.1) is 35.1 Å². The van der Waals surface area contributed by atoms with E-state index in [0.29, 0.717) is 28.3 Å². The number of nitrogens with zero attached hydrogens (tertiary/aromatic N) is 3. The predicted molar refractivity (Wildman–Crippen MR) is 129 cm³/mol. The molecule has 1 N–H and O–H groups in total. The number of hydrogen-bond acceptors (Lipinski definition) is 3.